The molecule has 0 spiro atoms. The van der Waals surface area contributed by atoms with E-state index in [9.17, 15) is 14.4 Å². The van der Waals surface area contributed by atoms with Crippen LogP contribution in [-0.2, 0) is 15.0 Å². The van der Waals surface area contributed by atoms with Crippen LogP contribution in [0.1, 0.15) is 38.4 Å². The van der Waals surface area contributed by atoms with Gasteiger partial charge in [-0.15, -0.1) is 11.3 Å². The van der Waals surface area contributed by atoms with Crippen molar-refractivity contribution in [2.24, 2.45) is 0 Å². The summed E-state index contributed by atoms with van der Waals surface area (Å²) >= 11 is 1.48. The highest BCUT2D eigenvalue weighted by atomic mass is 32.1. The van der Waals surface area contributed by atoms with Crippen LogP contribution >= 0.6 is 11.3 Å². The molecule has 1 aromatic heterocycles. The number of rotatable bonds is 3. The van der Waals surface area contributed by atoms with Crippen molar-refractivity contribution in [2.45, 2.75) is 18.3 Å². The van der Waals surface area contributed by atoms with E-state index in [0.717, 1.165) is 4.88 Å². The van der Waals surface area contributed by atoms with Crippen LogP contribution in [0.4, 0.5) is 0 Å². The van der Waals surface area contributed by atoms with E-state index >= 15 is 0 Å². The van der Waals surface area contributed by atoms with E-state index in [2.05, 4.69) is 0 Å². The molecule has 2 heterocycles. The molecular weight excluding hydrogens is 302 g/mol. The fraction of sp³-hybridized carbons (Fsp3) is 0.188. The molecule has 2 amide bonds. The Kier molecular flexibility index (Phi) is 2.71. The lowest BCUT2D eigenvalue weighted by Crippen LogP contribution is -2.36. The SMILES string of the molecule is O=C1c2ccccc2C(=O)N1OC(=O)C1(c2cccs2)CC1. The van der Waals surface area contributed by atoms with Gasteiger partial charge in [-0.3, -0.25) is 9.59 Å². The lowest BCUT2D eigenvalue weighted by molar-refractivity contribution is -0.171. The summed E-state index contributed by atoms with van der Waals surface area (Å²) in [6.07, 6.45) is 1.35. The number of carbonyl (C=O) groups excluding carboxylic acids is 3. The normalized spacial score (nSPS) is 18.3. The van der Waals surface area contributed by atoms with Crippen molar-refractivity contribution in [3.63, 3.8) is 0 Å². The predicted octanol–water partition coefficient (Wildman–Crippen LogP) is 2.53. The average Bonchev–Trinajstić information content (AvgIpc) is 3.10. The van der Waals surface area contributed by atoms with Crippen molar-refractivity contribution in [3.05, 3.63) is 57.8 Å². The van der Waals surface area contributed by atoms with E-state index in [1.165, 1.54) is 11.3 Å². The summed E-state index contributed by atoms with van der Waals surface area (Å²) in [4.78, 5) is 43.0. The Hall–Kier alpha value is -2.47. The largest absolute Gasteiger partial charge is 0.344 e. The van der Waals surface area contributed by atoms with Gasteiger partial charge in [0.05, 0.1) is 11.1 Å². The molecule has 0 unspecified atom stereocenters. The molecule has 1 saturated carbocycles. The Morgan fingerprint density at radius 3 is 2.18 bits per heavy atom. The van der Waals surface area contributed by atoms with Crippen molar-refractivity contribution < 1.29 is 19.2 Å². The Bertz CT molecular complexity index is 757. The lowest BCUT2D eigenvalue weighted by Gasteiger charge is -2.17. The number of thiophene rings is 1. The third-order valence-corrected chi connectivity index (χ3v) is 5.14. The van der Waals surface area contributed by atoms with Crippen LogP contribution in [0.15, 0.2) is 41.8 Å². The van der Waals surface area contributed by atoms with E-state index in [0.29, 0.717) is 17.9 Å². The summed E-state index contributed by atoms with van der Waals surface area (Å²) in [5.41, 5.74) is -0.161. The second kappa shape index (κ2) is 4.51. The molecular formula is C16H11NO4S. The van der Waals surface area contributed by atoms with Crippen molar-refractivity contribution >= 4 is 29.1 Å². The fourth-order valence-corrected chi connectivity index (χ4v) is 3.62. The monoisotopic (exact) mass is 313 g/mol. The van der Waals surface area contributed by atoms with E-state index in [-0.39, 0.29) is 11.1 Å². The number of hydrogen-bond acceptors (Lipinski definition) is 5. The highest BCUT2D eigenvalue weighted by Gasteiger charge is 2.55. The first-order valence-electron chi connectivity index (χ1n) is 6.88. The summed E-state index contributed by atoms with van der Waals surface area (Å²) in [5.74, 6) is -1.71. The van der Waals surface area contributed by atoms with Gasteiger partial charge in [-0.1, -0.05) is 23.3 Å². The van der Waals surface area contributed by atoms with Crippen LogP contribution < -0.4 is 0 Å². The van der Waals surface area contributed by atoms with Crippen LogP contribution in [0.25, 0.3) is 0 Å². The van der Waals surface area contributed by atoms with Gasteiger partial charge in [0.2, 0.25) is 0 Å². The summed E-state index contributed by atoms with van der Waals surface area (Å²) in [5, 5.41) is 2.48. The molecule has 4 rings (SSSR count). The van der Waals surface area contributed by atoms with Crippen molar-refractivity contribution in [1.82, 2.24) is 5.06 Å². The summed E-state index contributed by atoms with van der Waals surface area (Å²) in [6.45, 7) is 0. The fourth-order valence-electron chi connectivity index (χ4n) is 2.65. The molecule has 0 bridgehead atoms. The molecule has 0 radical (unpaired) electrons. The van der Waals surface area contributed by atoms with Gasteiger partial charge in [0.1, 0.15) is 5.41 Å². The third kappa shape index (κ3) is 1.74. The zero-order valence-corrected chi connectivity index (χ0v) is 12.3. The maximum absolute atomic E-state index is 12.5. The lowest BCUT2D eigenvalue weighted by atomic mass is 10.1. The Balaban J connectivity index is 1.60. The molecule has 0 N–H and O–H groups in total. The molecule has 6 heteroatoms. The molecule has 1 aromatic carbocycles. The quantitative estimate of drug-likeness (QED) is 0.817. The summed E-state index contributed by atoms with van der Waals surface area (Å²) in [6, 6.07) is 10.2. The van der Waals surface area contributed by atoms with Crippen LogP contribution in [-0.4, -0.2) is 22.8 Å². The third-order valence-electron chi connectivity index (χ3n) is 4.06. The Labute approximate surface area is 130 Å². The molecule has 0 saturated heterocycles. The number of nitrogens with zero attached hydrogens (tertiary/aromatic N) is 1. The number of hydrogen-bond donors (Lipinski definition) is 0. The van der Waals surface area contributed by atoms with E-state index in [1.807, 2.05) is 17.5 Å². The minimum atomic E-state index is -0.691. The number of benzene rings is 1. The van der Waals surface area contributed by atoms with E-state index < -0.39 is 23.2 Å². The molecule has 5 nitrogen and oxygen atoms in total. The maximum atomic E-state index is 12.5. The zero-order valence-electron chi connectivity index (χ0n) is 11.4. The highest BCUT2D eigenvalue weighted by Crippen LogP contribution is 2.51. The number of fused-ring (bicyclic) bond motifs is 1. The topological polar surface area (TPSA) is 63.7 Å². The van der Waals surface area contributed by atoms with Gasteiger partial charge in [0, 0.05) is 4.88 Å². The van der Waals surface area contributed by atoms with Crippen molar-refractivity contribution in [2.75, 3.05) is 0 Å². The summed E-state index contributed by atoms with van der Waals surface area (Å²) in [7, 11) is 0. The molecule has 0 atom stereocenters. The van der Waals surface area contributed by atoms with Crippen molar-refractivity contribution in [1.29, 1.82) is 0 Å². The van der Waals surface area contributed by atoms with Gasteiger partial charge < -0.3 is 4.84 Å². The van der Waals surface area contributed by atoms with E-state index in [1.54, 1.807) is 24.3 Å². The Morgan fingerprint density at radius 2 is 1.68 bits per heavy atom. The van der Waals surface area contributed by atoms with Crippen LogP contribution in [0.5, 0.6) is 0 Å². The van der Waals surface area contributed by atoms with Crippen LogP contribution in [0, 0.1) is 0 Å². The average molecular weight is 313 g/mol. The Morgan fingerprint density at radius 1 is 1.05 bits per heavy atom. The van der Waals surface area contributed by atoms with Gasteiger partial charge in [0.25, 0.3) is 11.8 Å². The molecule has 1 aliphatic heterocycles. The highest BCUT2D eigenvalue weighted by molar-refractivity contribution is 7.10. The standard InChI is InChI=1S/C16H11NO4S/c18-13-10-4-1-2-5-11(10)14(19)17(13)21-15(20)16(7-8-16)12-6-3-9-22-12/h1-6,9H,7-8H2. The van der Waals surface area contributed by atoms with Crippen LogP contribution in [0.2, 0.25) is 0 Å². The van der Waals surface area contributed by atoms with Gasteiger partial charge in [0.15, 0.2) is 0 Å². The molecule has 2 aromatic rings. The predicted molar refractivity (Wildman–Crippen MR) is 78.3 cm³/mol. The first-order valence-corrected chi connectivity index (χ1v) is 7.76. The second-order valence-corrected chi connectivity index (χ2v) is 6.34. The number of carbonyl (C=O) groups is 3. The maximum Gasteiger partial charge on any atom is 0.344 e. The molecule has 1 fully saturated rings. The number of hydroxylamine groups is 2. The molecule has 110 valence electrons. The summed E-state index contributed by atoms with van der Waals surface area (Å²) < 4.78 is 0. The van der Waals surface area contributed by atoms with E-state index in [4.69, 9.17) is 4.84 Å². The second-order valence-electron chi connectivity index (χ2n) is 5.39. The van der Waals surface area contributed by atoms with Gasteiger partial charge in [-0.25, -0.2) is 4.79 Å². The number of amides is 2. The van der Waals surface area contributed by atoms with Gasteiger partial charge in [-0.05, 0) is 36.4 Å². The van der Waals surface area contributed by atoms with Gasteiger partial charge in [-0.2, -0.15) is 0 Å². The first-order chi connectivity index (χ1) is 10.6. The first kappa shape index (κ1) is 13.2. The van der Waals surface area contributed by atoms with Gasteiger partial charge >= 0.3 is 5.97 Å². The molecule has 1 aliphatic carbocycles. The number of imide groups is 1. The van der Waals surface area contributed by atoms with Crippen molar-refractivity contribution in [3.8, 4) is 0 Å². The smallest absolute Gasteiger partial charge is 0.329 e. The zero-order chi connectivity index (χ0) is 15.3. The molecule has 22 heavy (non-hydrogen) atoms. The molecule has 2 aliphatic rings. The van der Waals surface area contributed by atoms with Crippen LogP contribution in [0.3, 0.4) is 0 Å². The minimum absolute atomic E-state index is 0.265. The minimum Gasteiger partial charge on any atom is -0.329 e.